The lowest BCUT2D eigenvalue weighted by atomic mass is 10.2. The van der Waals surface area contributed by atoms with E-state index in [4.69, 9.17) is 0 Å². The second kappa shape index (κ2) is 6.58. The predicted molar refractivity (Wildman–Crippen MR) is 77.5 cm³/mol. The fraction of sp³-hybridized carbons (Fsp3) is 0.769. The summed E-state index contributed by atoms with van der Waals surface area (Å²) in [5, 5.41) is 0. The molecule has 1 atom stereocenters. The summed E-state index contributed by atoms with van der Waals surface area (Å²) in [6, 6.07) is -1.20. The Morgan fingerprint density at radius 1 is 1.39 bits per heavy atom. The lowest BCUT2D eigenvalue weighted by Gasteiger charge is -2.27. The van der Waals surface area contributed by atoms with E-state index in [1.165, 1.54) is 16.7 Å². The molecule has 2 saturated heterocycles. The summed E-state index contributed by atoms with van der Waals surface area (Å²) in [6.45, 7) is 1.27. The highest BCUT2D eigenvalue weighted by atomic mass is 32.2. The van der Waals surface area contributed by atoms with Crippen molar-refractivity contribution in [2.24, 2.45) is 5.92 Å². The lowest BCUT2D eigenvalue weighted by molar-refractivity contribution is -0.162. The van der Waals surface area contributed by atoms with Gasteiger partial charge in [0.2, 0.25) is 5.91 Å². The largest absolute Gasteiger partial charge is 0.406 e. The van der Waals surface area contributed by atoms with Crippen LogP contribution in [0.25, 0.3) is 0 Å². The van der Waals surface area contributed by atoms with Gasteiger partial charge in [0, 0.05) is 12.3 Å². The van der Waals surface area contributed by atoms with Crippen LogP contribution in [-0.4, -0.2) is 76.0 Å². The van der Waals surface area contributed by atoms with Crippen molar-refractivity contribution >= 4 is 29.6 Å². The van der Waals surface area contributed by atoms with E-state index in [2.05, 4.69) is 0 Å². The van der Waals surface area contributed by atoms with Gasteiger partial charge in [-0.3, -0.25) is 14.5 Å². The van der Waals surface area contributed by atoms with E-state index in [0.29, 0.717) is 16.5 Å². The minimum Gasteiger partial charge on any atom is -0.332 e. The number of urea groups is 1. The van der Waals surface area contributed by atoms with Crippen LogP contribution in [0.1, 0.15) is 13.8 Å². The zero-order valence-electron chi connectivity index (χ0n) is 12.8. The van der Waals surface area contributed by atoms with Gasteiger partial charge in [-0.25, -0.2) is 4.79 Å². The van der Waals surface area contributed by atoms with Gasteiger partial charge in [0.15, 0.2) is 0 Å². The van der Waals surface area contributed by atoms with Crippen molar-refractivity contribution in [1.29, 1.82) is 0 Å². The summed E-state index contributed by atoms with van der Waals surface area (Å²) < 4.78 is 37.9. The fourth-order valence-electron chi connectivity index (χ4n) is 2.56. The Bertz CT molecular complexity index is 490. The quantitative estimate of drug-likeness (QED) is 0.701. The molecule has 2 aliphatic rings. The van der Waals surface area contributed by atoms with Gasteiger partial charge < -0.3 is 9.80 Å². The van der Waals surface area contributed by atoms with E-state index in [1.807, 2.05) is 0 Å². The number of halogens is 3. The van der Waals surface area contributed by atoms with Crippen LogP contribution in [0.5, 0.6) is 0 Å². The number of thioether (sulfide) groups is 1. The van der Waals surface area contributed by atoms with Crippen LogP contribution in [0.2, 0.25) is 0 Å². The average Bonchev–Trinajstić information content (AvgIpc) is 2.96. The number of rotatable bonds is 5. The van der Waals surface area contributed by atoms with Gasteiger partial charge in [0.25, 0.3) is 5.91 Å². The van der Waals surface area contributed by atoms with Crippen LogP contribution in [-0.2, 0) is 9.59 Å². The van der Waals surface area contributed by atoms with E-state index < -0.39 is 43.2 Å². The van der Waals surface area contributed by atoms with Gasteiger partial charge in [0.1, 0.15) is 19.1 Å². The first-order valence-electron chi connectivity index (χ1n) is 7.14. The van der Waals surface area contributed by atoms with Crippen molar-refractivity contribution in [2.75, 3.05) is 31.3 Å². The molecule has 0 aliphatic carbocycles. The first kappa shape index (κ1) is 17.9. The van der Waals surface area contributed by atoms with Crippen LogP contribution in [0, 0.1) is 5.92 Å². The number of carbonyl (C=O) groups is 3. The second-order valence-electron chi connectivity index (χ2n) is 5.98. The molecule has 0 aromatic carbocycles. The van der Waals surface area contributed by atoms with Gasteiger partial charge in [0.05, 0.1) is 5.88 Å². The van der Waals surface area contributed by atoms with Gasteiger partial charge in [-0.1, -0.05) is 13.8 Å². The molecule has 0 aromatic rings. The molecule has 10 heteroatoms. The Balaban J connectivity index is 2.06. The topological polar surface area (TPSA) is 60.9 Å². The van der Waals surface area contributed by atoms with Crippen LogP contribution >= 0.6 is 11.8 Å². The number of alkyl halides is 3. The minimum absolute atomic E-state index is 0.0858. The molecule has 0 radical (unpaired) electrons. The number of fused-ring (bicyclic) bond motifs is 1. The summed E-state index contributed by atoms with van der Waals surface area (Å²) in [5.41, 5.74) is 0. The third-order valence-electron chi connectivity index (χ3n) is 3.51. The molecule has 0 unspecified atom stereocenters. The molecule has 0 bridgehead atoms. The number of carbonyl (C=O) groups excluding carboxylic acids is 3. The van der Waals surface area contributed by atoms with E-state index in [-0.39, 0.29) is 12.5 Å². The highest BCUT2D eigenvalue weighted by Crippen LogP contribution is 2.29. The maximum atomic E-state index is 12.6. The van der Waals surface area contributed by atoms with E-state index in [9.17, 15) is 27.6 Å². The molecule has 2 fully saturated rings. The Hall–Kier alpha value is -1.45. The van der Waals surface area contributed by atoms with Gasteiger partial charge in [-0.15, -0.1) is 11.8 Å². The summed E-state index contributed by atoms with van der Waals surface area (Å²) in [6.07, 6.45) is -4.53. The molecule has 6 nitrogen and oxygen atoms in total. The van der Waals surface area contributed by atoms with E-state index in [0.717, 1.165) is 4.90 Å². The van der Waals surface area contributed by atoms with Crippen LogP contribution < -0.4 is 0 Å². The standard InChI is InChI=1S/C13H18F3N3O3S/c1-8(2)3-17(6-13(14,15)16)10(20)4-18-11(21)9-5-23-7-19(9)12(18)22/h8-9H,3-7H2,1-2H3/t9-/m0/s1. The Kier molecular flexibility index (Phi) is 5.12. The normalized spacial score (nSPS) is 21.4. The van der Waals surface area contributed by atoms with E-state index >= 15 is 0 Å². The Morgan fingerprint density at radius 3 is 2.57 bits per heavy atom. The predicted octanol–water partition coefficient (Wildman–Crippen LogP) is 1.37. The Morgan fingerprint density at radius 2 is 2.04 bits per heavy atom. The number of nitrogens with zero attached hydrogens (tertiary/aromatic N) is 3. The molecule has 2 heterocycles. The summed E-state index contributed by atoms with van der Waals surface area (Å²) in [4.78, 5) is 39.1. The van der Waals surface area contributed by atoms with Crippen molar-refractivity contribution < 1.29 is 27.6 Å². The summed E-state index contributed by atoms with van der Waals surface area (Å²) >= 11 is 1.43. The average molecular weight is 353 g/mol. The van der Waals surface area contributed by atoms with Crippen molar-refractivity contribution in [3.05, 3.63) is 0 Å². The number of imide groups is 1. The molecule has 0 saturated carbocycles. The van der Waals surface area contributed by atoms with Gasteiger partial charge >= 0.3 is 12.2 Å². The third-order valence-corrected chi connectivity index (χ3v) is 4.52. The molecule has 0 N–H and O–H groups in total. The fourth-order valence-corrected chi connectivity index (χ4v) is 3.70. The number of amides is 4. The first-order chi connectivity index (χ1) is 10.6. The summed E-state index contributed by atoms with van der Waals surface area (Å²) in [7, 11) is 0. The van der Waals surface area contributed by atoms with Crippen molar-refractivity contribution in [3.8, 4) is 0 Å². The lowest BCUT2D eigenvalue weighted by Crippen LogP contribution is -2.47. The zero-order chi connectivity index (χ0) is 17.4. The van der Waals surface area contributed by atoms with Crippen LogP contribution in [0.15, 0.2) is 0 Å². The minimum atomic E-state index is -4.53. The zero-order valence-corrected chi connectivity index (χ0v) is 13.6. The maximum absolute atomic E-state index is 12.6. The smallest absolute Gasteiger partial charge is 0.332 e. The maximum Gasteiger partial charge on any atom is 0.406 e. The molecular formula is C13H18F3N3O3S. The molecule has 4 amide bonds. The van der Waals surface area contributed by atoms with Crippen LogP contribution in [0.3, 0.4) is 0 Å². The molecular weight excluding hydrogens is 335 g/mol. The van der Waals surface area contributed by atoms with Crippen molar-refractivity contribution in [1.82, 2.24) is 14.7 Å². The van der Waals surface area contributed by atoms with Crippen molar-refractivity contribution in [2.45, 2.75) is 26.1 Å². The molecule has 130 valence electrons. The number of hydrogen-bond acceptors (Lipinski definition) is 4. The molecule has 2 aliphatic heterocycles. The van der Waals surface area contributed by atoms with Gasteiger partial charge in [-0.2, -0.15) is 13.2 Å². The summed E-state index contributed by atoms with van der Waals surface area (Å²) in [5.74, 6) is -0.728. The molecule has 2 rings (SSSR count). The van der Waals surface area contributed by atoms with E-state index in [1.54, 1.807) is 13.8 Å². The van der Waals surface area contributed by atoms with Gasteiger partial charge in [-0.05, 0) is 5.92 Å². The highest BCUT2D eigenvalue weighted by Gasteiger charge is 2.48. The Labute approximate surface area is 135 Å². The molecule has 0 aromatic heterocycles. The van der Waals surface area contributed by atoms with Crippen LogP contribution in [0.4, 0.5) is 18.0 Å². The highest BCUT2D eigenvalue weighted by molar-refractivity contribution is 7.99. The second-order valence-corrected chi connectivity index (χ2v) is 6.98. The van der Waals surface area contributed by atoms with Crippen molar-refractivity contribution in [3.63, 3.8) is 0 Å². The molecule has 23 heavy (non-hydrogen) atoms. The monoisotopic (exact) mass is 353 g/mol. The third kappa shape index (κ3) is 4.10. The first-order valence-corrected chi connectivity index (χ1v) is 8.30. The molecule has 0 spiro atoms. The SMILES string of the molecule is CC(C)CN(CC(F)(F)F)C(=O)CN1C(=O)[C@@H]2CSCN2C1=O. The number of hydrogen-bond donors (Lipinski definition) is 0.